The van der Waals surface area contributed by atoms with Gasteiger partial charge in [0.25, 0.3) is 0 Å². The standard InChI is InChI=1S/C13H22N2OS4/c1-8(5-9-3-2-4-10(16)6-9)11(15-13(19)20)7-14-12(17)18/h4,8-9,11,16H,2-3,5-7H2,1H3,(H2,14,17,18)(H2,15,19,20). The second kappa shape index (κ2) is 9.12. The molecule has 7 heteroatoms. The van der Waals surface area contributed by atoms with E-state index in [2.05, 4.69) is 42.8 Å². The Labute approximate surface area is 142 Å². The molecule has 1 aliphatic carbocycles. The number of aliphatic hydroxyl groups excluding tert-OH is 1. The first-order valence-corrected chi connectivity index (χ1v) is 8.43. The summed E-state index contributed by atoms with van der Waals surface area (Å²) >= 11 is 18.2. The number of thiocarbonyl (C=S) groups is 2. The minimum Gasteiger partial charge on any atom is -0.513 e. The van der Waals surface area contributed by atoms with E-state index in [0.29, 0.717) is 32.8 Å². The SMILES string of the molecule is CC(CC1CCC=C(O)C1)C(CNC(=S)S)NC(=S)S. The van der Waals surface area contributed by atoms with Gasteiger partial charge in [0.1, 0.15) is 8.64 Å². The van der Waals surface area contributed by atoms with Gasteiger partial charge in [-0.15, -0.1) is 25.3 Å². The monoisotopic (exact) mass is 350 g/mol. The summed E-state index contributed by atoms with van der Waals surface area (Å²) in [6.07, 6.45) is 5.82. The number of nitrogens with one attached hydrogen (secondary N) is 2. The van der Waals surface area contributed by atoms with Crippen LogP contribution in [-0.4, -0.2) is 26.3 Å². The van der Waals surface area contributed by atoms with Gasteiger partial charge in [0.2, 0.25) is 0 Å². The van der Waals surface area contributed by atoms with Gasteiger partial charge in [-0.3, -0.25) is 0 Å². The van der Waals surface area contributed by atoms with Crippen molar-refractivity contribution in [2.24, 2.45) is 11.8 Å². The van der Waals surface area contributed by atoms with Gasteiger partial charge in [0.15, 0.2) is 0 Å². The third-order valence-corrected chi connectivity index (χ3v) is 4.18. The molecular formula is C13H22N2OS4. The van der Waals surface area contributed by atoms with Crippen LogP contribution in [0.5, 0.6) is 0 Å². The van der Waals surface area contributed by atoms with E-state index in [1.54, 1.807) is 0 Å². The Kier molecular flexibility index (Phi) is 8.24. The molecule has 0 fully saturated rings. The Bertz CT molecular complexity index is 387. The van der Waals surface area contributed by atoms with E-state index >= 15 is 0 Å². The zero-order chi connectivity index (χ0) is 15.1. The van der Waals surface area contributed by atoms with Gasteiger partial charge >= 0.3 is 0 Å². The number of hydrogen-bond acceptors (Lipinski definition) is 3. The van der Waals surface area contributed by atoms with Gasteiger partial charge < -0.3 is 15.7 Å². The molecule has 1 rings (SSSR count). The Morgan fingerprint density at radius 3 is 2.70 bits per heavy atom. The predicted molar refractivity (Wildman–Crippen MR) is 99.9 cm³/mol. The molecule has 0 radical (unpaired) electrons. The van der Waals surface area contributed by atoms with Crippen LogP contribution in [0.3, 0.4) is 0 Å². The highest BCUT2D eigenvalue weighted by Crippen LogP contribution is 2.29. The van der Waals surface area contributed by atoms with Crippen LogP contribution in [0.2, 0.25) is 0 Å². The molecule has 1 aliphatic rings. The molecule has 3 unspecified atom stereocenters. The lowest BCUT2D eigenvalue weighted by atomic mass is 9.83. The maximum Gasteiger partial charge on any atom is 0.130 e. The molecule has 0 aromatic carbocycles. The van der Waals surface area contributed by atoms with Crippen LogP contribution in [0.25, 0.3) is 0 Å². The first-order valence-electron chi connectivity index (χ1n) is 6.72. The van der Waals surface area contributed by atoms with Crippen molar-refractivity contribution >= 4 is 58.3 Å². The first-order chi connectivity index (χ1) is 9.38. The van der Waals surface area contributed by atoms with Crippen molar-refractivity contribution in [3.8, 4) is 0 Å². The molecule has 0 aromatic heterocycles. The summed E-state index contributed by atoms with van der Waals surface area (Å²) in [5.74, 6) is 1.44. The van der Waals surface area contributed by atoms with Crippen LogP contribution >= 0.6 is 49.7 Å². The van der Waals surface area contributed by atoms with Crippen molar-refractivity contribution in [3.05, 3.63) is 11.8 Å². The van der Waals surface area contributed by atoms with E-state index in [0.717, 1.165) is 25.7 Å². The molecule has 0 heterocycles. The smallest absolute Gasteiger partial charge is 0.130 e. The molecule has 0 saturated carbocycles. The second-order valence-electron chi connectivity index (χ2n) is 5.30. The van der Waals surface area contributed by atoms with Gasteiger partial charge in [-0.2, -0.15) is 0 Å². The average Bonchev–Trinajstić information content (AvgIpc) is 2.33. The van der Waals surface area contributed by atoms with E-state index in [-0.39, 0.29) is 6.04 Å². The van der Waals surface area contributed by atoms with Crippen LogP contribution in [0.4, 0.5) is 0 Å². The molecule has 0 aliphatic heterocycles. The molecule has 114 valence electrons. The number of hydrogen-bond donors (Lipinski definition) is 5. The molecule has 0 aromatic rings. The highest BCUT2D eigenvalue weighted by Gasteiger charge is 2.23. The molecule has 0 bridgehead atoms. The van der Waals surface area contributed by atoms with Gasteiger partial charge in [0.05, 0.1) is 5.76 Å². The maximum atomic E-state index is 9.63. The lowest BCUT2D eigenvalue weighted by Crippen LogP contribution is -2.45. The van der Waals surface area contributed by atoms with E-state index in [4.69, 9.17) is 24.4 Å². The van der Waals surface area contributed by atoms with E-state index in [1.165, 1.54) is 0 Å². The van der Waals surface area contributed by atoms with Gasteiger partial charge in [-0.05, 0) is 37.2 Å². The molecule has 0 amide bonds. The van der Waals surface area contributed by atoms with E-state index < -0.39 is 0 Å². The number of allylic oxidation sites excluding steroid dienone is 2. The third-order valence-electron chi connectivity index (χ3n) is 3.63. The lowest BCUT2D eigenvalue weighted by Gasteiger charge is -2.30. The number of thiol groups is 2. The third kappa shape index (κ3) is 7.15. The summed E-state index contributed by atoms with van der Waals surface area (Å²) in [6, 6.07) is 0.151. The average molecular weight is 351 g/mol. The van der Waals surface area contributed by atoms with Crippen molar-refractivity contribution in [3.63, 3.8) is 0 Å². The summed E-state index contributed by atoms with van der Waals surface area (Å²) in [7, 11) is 0. The first kappa shape index (κ1) is 18.1. The van der Waals surface area contributed by atoms with Crippen molar-refractivity contribution < 1.29 is 5.11 Å². The normalized spacial score (nSPS) is 21.6. The minimum atomic E-state index is 0.151. The predicted octanol–water partition coefficient (Wildman–Crippen LogP) is 3.23. The Morgan fingerprint density at radius 2 is 2.15 bits per heavy atom. The molecular weight excluding hydrogens is 328 g/mol. The summed E-state index contributed by atoms with van der Waals surface area (Å²) in [4.78, 5) is 0. The topological polar surface area (TPSA) is 44.3 Å². The summed E-state index contributed by atoms with van der Waals surface area (Å²) in [5, 5.41) is 15.9. The van der Waals surface area contributed by atoms with E-state index in [1.807, 2.05) is 6.08 Å². The summed E-state index contributed by atoms with van der Waals surface area (Å²) in [5.41, 5.74) is 0. The fourth-order valence-electron chi connectivity index (χ4n) is 2.61. The van der Waals surface area contributed by atoms with Crippen LogP contribution in [0.15, 0.2) is 11.8 Å². The van der Waals surface area contributed by atoms with Gasteiger partial charge in [0, 0.05) is 19.0 Å². The minimum absolute atomic E-state index is 0.151. The fraction of sp³-hybridized carbons (Fsp3) is 0.692. The Morgan fingerprint density at radius 1 is 1.45 bits per heavy atom. The molecule has 20 heavy (non-hydrogen) atoms. The molecule has 3 N–H and O–H groups in total. The number of aliphatic hydroxyl groups is 1. The zero-order valence-corrected chi connectivity index (χ0v) is 14.9. The highest BCUT2D eigenvalue weighted by atomic mass is 32.1. The van der Waals surface area contributed by atoms with Gasteiger partial charge in [-0.25, -0.2) is 0 Å². The molecule has 0 saturated heterocycles. The quantitative estimate of drug-likeness (QED) is 0.376. The lowest BCUT2D eigenvalue weighted by molar-refractivity contribution is 0.266. The zero-order valence-electron chi connectivity index (χ0n) is 11.5. The van der Waals surface area contributed by atoms with Crippen molar-refractivity contribution in [2.45, 2.75) is 38.6 Å². The van der Waals surface area contributed by atoms with Crippen molar-refractivity contribution in [1.29, 1.82) is 0 Å². The maximum absolute atomic E-state index is 9.63. The van der Waals surface area contributed by atoms with Crippen LogP contribution in [0.1, 0.15) is 32.6 Å². The van der Waals surface area contributed by atoms with Crippen molar-refractivity contribution in [2.75, 3.05) is 6.54 Å². The van der Waals surface area contributed by atoms with Crippen molar-refractivity contribution in [1.82, 2.24) is 10.6 Å². The summed E-state index contributed by atoms with van der Waals surface area (Å²) in [6.45, 7) is 2.85. The second-order valence-corrected chi connectivity index (χ2v) is 7.61. The fourth-order valence-corrected chi connectivity index (χ4v) is 3.10. The Balaban J connectivity index is 2.52. The van der Waals surface area contributed by atoms with Crippen LogP contribution in [0, 0.1) is 11.8 Å². The van der Waals surface area contributed by atoms with Crippen LogP contribution < -0.4 is 10.6 Å². The van der Waals surface area contributed by atoms with Crippen LogP contribution in [-0.2, 0) is 0 Å². The Hall–Kier alpha value is 0.0200. The largest absolute Gasteiger partial charge is 0.513 e. The summed E-state index contributed by atoms with van der Waals surface area (Å²) < 4.78 is 0.965. The highest BCUT2D eigenvalue weighted by molar-refractivity contribution is 8.11. The van der Waals surface area contributed by atoms with Gasteiger partial charge in [-0.1, -0.05) is 31.4 Å². The molecule has 3 atom stereocenters. The molecule has 0 spiro atoms. The number of rotatable bonds is 6. The molecule has 3 nitrogen and oxygen atoms in total. The van der Waals surface area contributed by atoms with E-state index in [9.17, 15) is 5.11 Å².